The standard InChI is InChI=1S/C27H31N3O5S/c1-18(2)35-27-25(30-8-10-34-11-9-30)15-21(16-29-27)24-14-22(17-28-19(24)3)26(31)13-20-6-5-7-23(12-20)36(4,32)33/h5-7,12,14-18H,8-11,13H2,1-4H3. The number of carbonyl (C=O) groups excluding carboxylic acids is 1. The Hall–Kier alpha value is -3.30. The number of sulfone groups is 1. The van der Waals surface area contributed by atoms with E-state index in [1.165, 1.54) is 6.07 Å². The molecule has 2 aromatic heterocycles. The number of ketones is 1. The molecule has 9 heteroatoms. The summed E-state index contributed by atoms with van der Waals surface area (Å²) in [6, 6.07) is 10.3. The van der Waals surface area contributed by atoms with Crippen LogP contribution >= 0.6 is 0 Å². The average Bonchev–Trinajstić information content (AvgIpc) is 2.84. The number of Topliss-reactive ketones (excluding diaryl/α,β-unsaturated/α-hetero) is 1. The molecular formula is C27H31N3O5S. The van der Waals surface area contributed by atoms with Crippen molar-refractivity contribution >= 4 is 21.3 Å². The summed E-state index contributed by atoms with van der Waals surface area (Å²) >= 11 is 0. The van der Waals surface area contributed by atoms with E-state index < -0.39 is 9.84 Å². The van der Waals surface area contributed by atoms with E-state index in [4.69, 9.17) is 9.47 Å². The fraction of sp³-hybridized carbons (Fsp3) is 0.370. The molecule has 0 N–H and O–H groups in total. The number of ether oxygens (including phenoxy) is 2. The second-order valence-corrected chi connectivity index (χ2v) is 11.2. The van der Waals surface area contributed by atoms with E-state index >= 15 is 0 Å². The SMILES string of the molecule is Cc1ncc(C(=O)Cc2cccc(S(C)(=O)=O)c2)cc1-c1cnc(OC(C)C)c(N2CCOCC2)c1. The summed E-state index contributed by atoms with van der Waals surface area (Å²) in [6.07, 6.45) is 4.52. The molecule has 4 rings (SSSR count). The Labute approximate surface area is 212 Å². The fourth-order valence-electron chi connectivity index (χ4n) is 4.08. The van der Waals surface area contributed by atoms with Gasteiger partial charge in [0.1, 0.15) is 5.69 Å². The van der Waals surface area contributed by atoms with Gasteiger partial charge in [-0.3, -0.25) is 9.78 Å². The van der Waals surface area contributed by atoms with Gasteiger partial charge in [-0.1, -0.05) is 12.1 Å². The Kier molecular flexibility index (Phi) is 7.70. The molecule has 36 heavy (non-hydrogen) atoms. The zero-order chi connectivity index (χ0) is 25.9. The third-order valence-electron chi connectivity index (χ3n) is 5.94. The lowest BCUT2D eigenvalue weighted by molar-refractivity contribution is 0.0992. The highest BCUT2D eigenvalue weighted by Gasteiger charge is 2.20. The van der Waals surface area contributed by atoms with Crippen molar-refractivity contribution in [2.75, 3.05) is 37.5 Å². The molecule has 0 amide bonds. The molecule has 3 aromatic rings. The molecule has 0 atom stereocenters. The van der Waals surface area contributed by atoms with Crippen LogP contribution in [0.3, 0.4) is 0 Å². The average molecular weight is 510 g/mol. The first-order valence-electron chi connectivity index (χ1n) is 11.9. The first-order chi connectivity index (χ1) is 17.1. The highest BCUT2D eigenvalue weighted by molar-refractivity contribution is 7.90. The van der Waals surface area contributed by atoms with Crippen LogP contribution in [0, 0.1) is 6.92 Å². The largest absolute Gasteiger partial charge is 0.473 e. The second-order valence-electron chi connectivity index (χ2n) is 9.19. The molecule has 1 fully saturated rings. The number of hydrogen-bond donors (Lipinski definition) is 0. The number of aryl methyl sites for hydroxylation is 1. The quantitative estimate of drug-likeness (QED) is 0.422. The zero-order valence-electron chi connectivity index (χ0n) is 21.0. The van der Waals surface area contributed by atoms with Crippen molar-refractivity contribution in [2.45, 2.75) is 38.2 Å². The lowest BCUT2D eigenvalue weighted by atomic mass is 9.99. The molecule has 8 nitrogen and oxygen atoms in total. The number of aromatic nitrogens is 2. The number of morpholine rings is 1. The van der Waals surface area contributed by atoms with E-state index in [1.807, 2.05) is 32.9 Å². The fourth-order valence-corrected chi connectivity index (χ4v) is 4.78. The smallest absolute Gasteiger partial charge is 0.237 e. The Bertz CT molecular complexity index is 1370. The van der Waals surface area contributed by atoms with Gasteiger partial charge in [-0.15, -0.1) is 0 Å². The zero-order valence-corrected chi connectivity index (χ0v) is 21.8. The molecule has 3 heterocycles. The summed E-state index contributed by atoms with van der Waals surface area (Å²) in [5, 5.41) is 0. The van der Waals surface area contributed by atoms with Gasteiger partial charge in [-0.2, -0.15) is 0 Å². The van der Waals surface area contributed by atoms with Crippen LogP contribution in [0.5, 0.6) is 5.88 Å². The summed E-state index contributed by atoms with van der Waals surface area (Å²) in [5.74, 6) is 0.426. The minimum absolute atomic E-state index is 0.0197. The molecule has 0 aliphatic carbocycles. The second kappa shape index (κ2) is 10.8. The highest BCUT2D eigenvalue weighted by Crippen LogP contribution is 2.33. The molecule has 0 saturated carbocycles. The first kappa shape index (κ1) is 25.8. The van der Waals surface area contributed by atoms with Gasteiger partial charge in [-0.05, 0) is 50.6 Å². The van der Waals surface area contributed by atoms with Crippen LogP contribution in [-0.4, -0.2) is 62.8 Å². The molecule has 0 unspecified atom stereocenters. The minimum atomic E-state index is -3.35. The first-order valence-corrected chi connectivity index (χ1v) is 13.8. The van der Waals surface area contributed by atoms with E-state index in [0.29, 0.717) is 30.2 Å². The number of nitrogens with zero attached hydrogens (tertiary/aromatic N) is 3. The normalized spacial score (nSPS) is 14.2. The molecule has 0 radical (unpaired) electrons. The van der Waals surface area contributed by atoms with Gasteiger partial charge in [0.25, 0.3) is 0 Å². The van der Waals surface area contributed by atoms with Crippen molar-refractivity contribution in [3.8, 4) is 17.0 Å². The van der Waals surface area contributed by atoms with E-state index in [0.717, 1.165) is 41.9 Å². The molecule has 0 bridgehead atoms. The summed E-state index contributed by atoms with van der Waals surface area (Å²) < 4.78 is 35.3. The molecule has 1 saturated heterocycles. The Balaban J connectivity index is 1.66. The summed E-state index contributed by atoms with van der Waals surface area (Å²) in [4.78, 5) is 24.6. The van der Waals surface area contributed by atoms with Gasteiger partial charge >= 0.3 is 0 Å². The van der Waals surface area contributed by atoms with Crippen LogP contribution in [0.15, 0.2) is 53.7 Å². The number of benzene rings is 1. The van der Waals surface area contributed by atoms with Crippen molar-refractivity contribution < 1.29 is 22.7 Å². The molecular weight excluding hydrogens is 478 g/mol. The Morgan fingerprint density at radius 3 is 2.56 bits per heavy atom. The van der Waals surface area contributed by atoms with E-state index in [-0.39, 0.29) is 23.2 Å². The molecule has 1 aliphatic rings. The number of rotatable bonds is 8. The van der Waals surface area contributed by atoms with Gasteiger partial charge in [0.05, 0.1) is 24.2 Å². The number of anilines is 1. The van der Waals surface area contributed by atoms with Gasteiger partial charge in [0.15, 0.2) is 15.6 Å². The van der Waals surface area contributed by atoms with Gasteiger partial charge in [-0.25, -0.2) is 13.4 Å². The summed E-state index contributed by atoms with van der Waals surface area (Å²) in [7, 11) is -3.35. The molecule has 0 spiro atoms. The topological polar surface area (TPSA) is 98.7 Å². The number of hydrogen-bond acceptors (Lipinski definition) is 8. The third-order valence-corrected chi connectivity index (χ3v) is 7.05. The molecule has 1 aliphatic heterocycles. The monoisotopic (exact) mass is 509 g/mol. The van der Waals surface area contributed by atoms with Crippen molar-refractivity contribution in [3.63, 3.8) is 0 Å². The maximum atomic E-state index is 13.1. The van der Waals surface area contributed by atoms with Gasteiger partial charge in [0, 0.05) is 60.5 Å². The van der Waals surface area contributed by atoms with Crippen LogP contribution in [0.25, 0.3) is 11.1 Å². The van der Waals surface area contributed by atoms with Crippen molar-refractivity contribution in [2.24, 2.45) is 0 Å². The maximum absolute atomic E-state index is 13.1. The van der Waals surface area contributed by atoms with E-state index in [1.54, 1.807) is 30.6 Å². The number of pyridine rings is 2. The molecule has 1 aromatic carbocycles. The van der Waals surface area contributed by atoms with E-state index in [9.17, 15) is 13.2 Å². The van der Waals surface area contributed by atoms with Gasteiger partial charge < -0.3 is 14.4 Å². The minimum Gasteiger partial charge on any atom is -0.473 e. The van der Waals surface area contributed by atoms with Crippen molar-refractivity contribution in [3.05, 3.63) is 65.6 Å². The van der Waals surface area contributed by atoms with E-state index in [2.05, 4.69) is 14.9 Å². The lowest BCUT2D eigenvalue weighted by Crippen LogP contribution is -2.36. The Morgan fingerprint density at radius 2 is 1.86 bits per heavy atom. The van der Waals surface area contributed by atoms with Crippen LogP contribution in [-0.2, 0) is 21.0 Å². The van der Waals surface area contributed by atoms with Crippen LogP contribution < -0.4 is 9.64 Å². The predicted octanol–water partition coefficient (Wildman–Crippen LogP) is 3.90. The third kappa shape index (κ3) is 6.09. The van der Waals surface area contributed by atoms with Crippen LogP contribution in [0.2, 0.25) is 0 Å². The number of carbonyl (C=O) groups is 1. The summed E-state index contributed by atoms with van der Waals surface area (Å²) in [6.45, 7) is 8.57. The Morgan fingerprint density at radius 1 is 1.11 bits per heavy atom. The van der Waals surface area contributed by atoms with Crippen LogP contribution in [0.4, 0.5) is 5.69 Å². The molecule has 190 valence electrons. The van der Waals surface area contributed by atoms with Gasteiger partial charge in [0.2, 0.25) is 5.88 Å². The lowest BCUT2D eigenvalue weighted by Gasteiger charge is -2.30. The van der Waals surface area contributed by atoms with Crippen molar-refractivity contribution in [1.82, 2.24) is 9.97 Å². The van der Waals surface area contributed by atoms with Crippen LogP contribution in [0.1, 0.15) is 35.5 Å². The maximum Gasteiger partial charge on any atom is 0.237 e. The highest BCUT2D eigenvalue weighted by atomic mass is 32.2. The summed E-state index contributed by atoms with van der Waals surface area (Å²) in [5.41, 5.74) is 4.40. The predicted molar refractivity (Wildman–Crippen MR) is 139 cm³/mol. The van der Waals surface area contributed by atoms with Crippen molar-refractivity contribution in [1.29, 1.82) is 0 Å².